The first kappa shape index (κ1) is 14.9. The topological polar surface area (TPSA) is 38.5 Å². The second-order valence-corrected chi connectivity index (χ2v) is 5.34. The van der Waals surface area contributed by atoms with Crippen LogP contribution < -0.4 is 5.73 Å². The summed E-state index contributed by atoms with van der Waals surface area (Å²) < 4.78 is 5.24. The molecule has 1 aliphatic carbocycles. The van der Waals surface area contributed by atoms with E-state index in [1.54, 1.807) is 7.11 Å². The Morgan fingerprint density at radius 1 is 1.35 bits per heavy atom. The summed E-state index contributed by atoms with van der Waals surface area (Å²) in [4.78, 5) is 2.58. The second kappa shape index (κ2) is 8.06. The molecule has 0 aromatic rings. The summed E-state index contributed by atoms with van der Waals surface area (Å²) >= 11 is 0. The quantitative estimate of drug-likeness (QED) is 0.709. The number of hydrogen-bond acceptors (Lipinski definition) is 3. The Hall–Kier alpha value is -0.120. The molecule has 2 atom stereocenters. The number of methoxy groups -OCH3 is 1. The van der Waals surface area contributed by atoms with Crippen molar-refractivity contribution in [3.05, 3.63) is 0 Å². The molecule has 1 aliphatic rings. The molecule has 0 saturated heterocycles. The molecule has 2 N–H and O–H groups in total. The van der Waals surface area contributed by atoms with Gasteiger partial charge in [-0.3, -0.25) is 4.90 Å². The molecule has 0 aliphatic heterocycles. The van der Waals surface area contributed by atoms with Crippen molar-refractivity contribution in [3.63, 3.8) is 0 Å². The van der Waals surface area contributed by atoms with Crippen molar-refractivity contribution < 1.29 is 4.74 Å². The van der Waals surface area contributed by atoms with E-state index in [2.05, 4.69) is 18.7 Å². The second-order valence-electron chi connectivity index (χ2n) is 5.34. The first-order valence-corrected chi connectivity index (χ1v) is 7.19. The lowest BCUT2D eigenvalue weighted by Crippen LogP contribution is -2.50. The minimum Gasteiger partial charge on any atom is -0.383 e. The molecule has 0 spiro atoms. The Bertz CT molecular complexity index is 193. The summed E-state index contributed by atoms with van der Waals surface area (Å²) in [6, 6.07) is 1.17. The van der Waals surface area contributed by atoms with E-state index in [-0.39, 0.29) is 0 Å². The largest absolute Gasteiger partial charge is 0.383 e. The van der Waals surface area contributed by atoms with Gasteiger partial charge in [-0.2, -0.15) is 0 Å². The number of nitrogens with two attached hydrogens (primary N) is 1. The van der Waals surface area contributed by atoms with Crippen molar-refractivity contribution in [2.75, 3.05) is 26.8 Å². The summed E-state index contributed by atoms with van der Waals surface area (Å²) in [5.41, 5.74) is 6.04. The molecule has 3 nitrogen and oxygen atoms in total. The summed E-state index contributed by atoms with van der Waals surface area (Å²) in [5.74, 6) is 0.811. The van der Waals surface area contributed by atoms with Crippen molar-refractivity contribution >= 4 is 0 Å². The van der Waals surface area contributed by atoms with Gasteiger partial charge in [-0.1, -0.05) is 19.8 Å². The molecule has 2 unspecified atom stereocenters. The standard InChI is InChI=1S/C14H30N2O/c1-4-12(2)16(9-10-17-3)14(11-15)13-7-5-6-8-13/h12-14H,4-11,15H2,1-3H3. The van der Waals surface area contributed by atoms with Crippen LogP contribution in [0.2, 0.25) is 0 Å². The fourth-order valence-electron chi connectivity index (χ4n) is 3.09. The van der Waals surface area contributed by atoms with Crippen molar-refractivity contribution in [1.82, 2.24) is 4.90 Å². The molecule has 3 heteroatoms. The third-order valence-electron chi connectivity index (χ3n) is 4.32. The van der Waals surface area contributed by atoms with Crippen molar-refractivity contribution in [2.24, 2.45) is 11.7 Å². The Kier molecular flexibility index (Phi) is 7.09. The molecule has 1 saturated carbocycles. The molecule has 0 radical (unpaired) electrons. The predicted molar refractivity (Wildman–Crippen MR) is 73.1 cm³/mol. The fourth-order valence-corrected chi connectivity index (χ4v) is 3.09. The lowest BCUT2D eigenvalue weighted by molar-refractivity contribution is 0.0657. The van der Waals surface area contributed by atoms with E-state index in [1.807, 2.05) is 0 Å². The summed E-state index contributed by atoms with van der Waals surface area (Å²) in [6.07, 6.45) is 6.69. The van der Waals surface area contributed by atoms with Crippen molar-refractivity contribution in [2.45, 2.75) is 58.0 Å². The minimum absolute atomic E-state index is 0.558. The lowest BCUT2D eigenvalue weighted by atomic mass is 9.95. The van der Waals surface area contributed by atoms with Gasteiger partial charge in [0.15, 0.2) is 0 Å². The Morgan fingerprint density at radius 2 is 2.00 bits per heavy atom. The van der Waals surface area contributed by atoms with Crippen molar-refractivity contribution in [1.29, 1.82) is 0 Å². The zero-order valence-electron chi connectivity index (χ0n) is 11.8. The third-order valence-corrected chi connectivity index (χ3v) is 4.32. The maximum Gasteiger partial charge on any atom is 0.0589 e. The molecule has 17 heavy (non-hydrogen) atoms. The van der Waals surface area contributed by atoms with Gasteiger partial charge >= 0.3 is 0 Å². The van der Waals surface area contributed by atoms with Crippen LogP contribution in [0, 0.1) is 5.92 Å². The van der Waals surface area contributed by atoms with Gasteiger partial charge in [-0.25, -0.2) is 0 Å². The predicted octanol–water partition coefficient (Wildman–Crippen LogP) is 2.25. The van der Waals surface area contributed by atoms with E-state index < -0.39 is 0 Å². The summed E-state index contributed by atoms with van der Waals surface area (Å²) in [5, 5.41) is 0. The van der Waals surface area contributed by atoms with Crippen LogP contribution in [-0.2, 0) is 4.74 Å². The highest BCUT2D eigenvalue weighted by atomic mass is 16.5. The number of nitrogens with zero attached hydrogens (tertiary/aromatic N) is 1. The number of rotatable bonds is 8. The van der Waals surface area contributed by atoms with Gasteiger partial charge in [-0.15, -0.1) is 0 Å². The van der Waals surface area contributed by atoms with E-state index >= 15 is 0 Å². The van der Waals surface area contributed by atoms with Crippen molar-refractivity contribution in [3.8, 4) is 0 Å². The van der Waals surface area contributed by atoms with Gasteiger partial charge in [0, 0.05) is 32.3 Å². The molecule has 0 heterocycles. The van der Waals surface area contributed by atoms with E-state index in [9.17, 15) is 0 Å². The van der Waals surface area contributed by atoms with Crippen LogP contribution in [0.25, 0.3) is 0 Å². The Balaban J connectivity index is 2.62. The van der Waals surface area contributed by atoms with Crippen LogP contribution in [0.1, 0.15) is 46.0 Å². The van der Waals surface area contributed by atoms with E-state index in [0.29, 0.717) is 12.1 Å². The van der Waals surface area contributed by atoms with Gasteiger partial charge in [0.2, 0.25) is 0 Å². The van der Waals surface area contributed by atoms with Gasteiger partial charge in [0.1, 0.15) is 0 Å². The zero-order valence-corrected chi connectivity index (χ0v) is 11.8. The van der Waals surface area contributed by atoms with Crippen LogP contribution in [0.4, 0.5) is 0 Å². The maximum absolute atomic E-state index is 6.04. The zero-order chi connectivity index (χ0) is 12.7. The van der Waals surface area contributed by atoms with E-state index in [4.69, 9.17) is 10.5 Å². The first-order chi connectivity index (χ1) is 8.24. The van der Waals surface area contributed by atoms with Crippen LogP contribution >= 0.6 is 0 Å². The van der Waals surface area contributed by atoms with Crippen LogP contribution in [0.15, 0.2) is 0 Å². The van der Waals surface area contributed by atoms with Crippen LogP contribution in [-0.4, -0.2) is 43.8 Å². The molecule has 0 amide bonds. The smallest absolute Gasteiger partial charge is 0.0589 e. The van der Waals surface area contributed by atoms with Gasteiger partial charge in [0.05, 0.1) is 6.61 Å². The number of hydrogen-bond donors (Lipinski definition) is 1. The summed E-state index contributed by atoms with van der Waals surface area (Å²) in [6.45, 7) is 7.19. The van der Waals surface area contributed by atoms with Gasteiger partial charge in [-0.05, 0) is 32.1 Å². The van der Waals surface area contributed by atoms with E-state index in [0.717, 1.165) is 25.6 Å². The molecular weight excluding hydrogens is 212 g/mol. The SMILES string of the molecule is CCC(C)N(CCOC)C(CN)C1CCCC1. The molecular formula is C14H30N2O. The molecule has 1 rings (SSSR count). The average molecular weight is 242 g/mol. The van der Waals surface area contributed by atoms with Gasteiger partial charge < -0.3 is 10.5 Å². The number of ether oxygens (including phenoxy) is 1. The third kappa shape index (κ3) is 4.23. The highest BCUT2D eigenvalue weighted by molar-refractivity contribution is 4.86. The normalized spacial score (nSPS) is 21.0. The molecule has 0 bridgehead atoms. The monoisotopic (exact) mass is 242 g/mol. The molecule has 1 fully saturated rings. The molecule has 0 aromatic heterocycles. The highest BCUT2D eigenvalue weighted by Crippen LogP contribution is 2.31. The molecule has 0 aromatic carbocycles. The van der Waals surface area contributed by atoms with Crippen LogP contribution in [0.3, 0.4) is 0 Å². The summed E-state index contributed by atoms with van der Waals surface area (Å²) in [7, 11) is 1.78. The van der Waals surface area contributed by atoms with Gasteiger partial charge in [0.25, 0.3) is 0 Å². The Morgan fingerprint density at radius 3 is 2.47 bits per heavy atom. The van der Waals surface area contributed by atoms with Crippen LogP contribution in [0.5, 0.6) is 0 Å². The highest BCUT2D eigenvalue weighted by Gasteiger charge is 2.30. The first-order valence-electron chi connectivity index (χ1n) is 7.19. The fraction of sp³-hybridized carbons (Fsp3) is 1.00. The van der Waals surface area contributed by atoms with E-state index in [1.165, 1.54) is 32.1 Å². The molecule has 102 valence electrons. The maximum atomic E-state index is 6.04. The average Bonchev–Trinajstić information content (AvgIpc) is 2.87. The lowest BCUT2D eigenvalue weighted by Gasteiger charge is -2.38. The minimum atomic E-state index is 0.558. The Labute approximate surface area is 107 Å².